The minimum Gasteiger partial charge on any atom is -0.493 e. The van der Waals surface area contributed by atoms with Crippen molar-refractivity contribution in [1.29, 1.82) is 0 Å². The maximum Gasteiger partial charge on any atom is 0.258 e. The van der Waals surface area contributed by atoms with Crippen molar-refractivity contribution in [3.8, 4) is 5.75 Å². The van der Waals surface area contributed by atoms with Gasteiger partial charge < -0.3 is 30.1 Å². The van der Waals surface area contributed by atoms with Crippen LogP contribution in [0.25, 0.3) is 10.1 Å². The van der Waals surface area contributed by atoms with Crippen molar-refractivity contribution >= 4 is 59.6 Å². The highest BCUT2D eigenvalue weighted by atomic mass is 35.5. The van der Waals surface area contributed by atoms with E-state index in [1.165, 1.54) is 37.0 Å². The second-order valence-electron chi connectivity index (χ2n) is 10.5. The largest absolute Gasteiger partial charge is 0.493 e. The first-order valence-electron chi connectivity index (χ1n) is 13.8. The summed E-state index contributed by atoms with van der Waals surface area (Å²) in [4.78, 5) is 59.0. The predicted molar refractivity (Wildman–Crippen MR) is 165 cm³/mol. The van der Waals surface area contributed by atoms with Gasteiger partial charge in [0.05, 0.1) is 12.0 Å². The Balaban J connectivity index is 0.000000147. The van der Waals surface area contributed by atoms with E-state index >= 15 is 0 Å². The van der Waals surface area contributed by atoms with Crippen molar-refractivity contribution in [2.45, 2.75) is 56.6 Å². The highest BCUT2D eigenvalue weighted by Crippen LogP contribution is 2.36. The van der Waals surface area contributed by atoms with Gasteiger partial charge in [-0.1, -0.05) is 24.1 Å². The molecule has 0 bridgehead atoms. The fraction of sp³-hybridized carbons (Fsp3) is 0.448. The van der Waals surface area contributed by atoms with Crippen molar-refractivity contribution in [3.05, 3.63) is 57.7 Å². The number of fused-ring (bicyclic) bond motifs is 2. The highest BCUT2D eigenvalue weighted by molar-refractivity contribution is 7.44. The molecule has 0 radical (unpaired) electrons. The molecule has 0 spiro atoms. The van der Waals surface area contributed by atoms with Crippen LogP contribution in [0.4, 0.5) is 0 Å². The molecule has 226 valence electrons. The molecule has 3 fully saturated rings. The quantitative estimate of drug-likeness (QED) is 0.203. The molecule has 10 nitrogen and oxygen atoms in total. The molecule has 42 heavy (non-hydrogen) atoms. The van der Waals surface area contributed by atoms with Gasteiger partial charge in [0.1, 0.15) is 0 Å². The predicted octanol–water partition coefficient (Wildman–Crippen LogP) is 4.65. The van der Waals surface area contributed by atoms with Gasteiger partial charge in [-0.05, 0) is 60.9 Å². The number of hydrogen-bond acceptors (Lipinski definition) is 8. The lowest BCUT2D eigenvalue weighted by atomic mass is 9.92. The summed E-state index contributed by atoms with van der Waals surface area (Å²) >= 11 is 7.24. The summed E-state index contributed by atoms with van der Waals surface area (Å²) in [5, 5.41) is 1.28. The summed E-state index contributed by atoms with van der Waals surface area (Å²) in [5.74, 6) is 0.902. The smallest absolute Gasteiger partial charge is 0.258 e. The first kappa shape index (κ1) is 32.1. The van der Waals surface area contributed by atoms with E-state index in [9.17, 15) is 14.4 Å². The fourth-order valence-electron chi connectivity index (χ4n) is 5.50. The number of methoxy groups -OCH3 is 1. The minimum atomic E-state index is -1.93. The van der Waals surface area contributed by atoms with Crippen LogP contribution in [0.3, 0.4) is 0 Å². The molecule has 5 heterocycles. The van der Waals surface area contributed by atoms with E-state index < -0.39 is 14.3 Å². The molecule has 0 aliphatic carbocycles. The lowest BCUT2D eigenvalue weighted by molar-refractivity contribution is -0.131. The zero-order valence-electron chi connectivity index (χ0n) is 23.4. The number of carbonyl (C=O) groups is 3. The lowest BCUT2D eigenvalue weighted by Crippen LogP contribution is -2.43. The second-order valence-corrected chi connectivity index (χ2v) is 13.0. The molecule has 1 unspecified atom stereocenters. The molecular weight excluding hydrogens is 599 g/mol. The van der Waals surface area contributed by atoms with Crippen LogP contribution in [0, 0.1) is 0 Å². The van der Waals surface area contributed by atoms with Gasteiger partial charge in [0.25, 0.3) is 5.91 Å². The number of aromatic nitrogens is 1. The van der Waals surface area contributed by atoms with Gasteiger partial charge in [0.2, 0.25) is 12.3 Å². The van der Waals surface area contributed by atoms with Crippen molar-refractivity contribution in [1.82, 2.24) is 14.8 Å². The first-order valence-corrected chi connectivity index (χ1v) is 16.5. The zero-order chi connectivity index (χ0) is 30.2. The van der Waals surface area contributed by atoms with Gasteiger partial charge in [-0.25, -0.2) is 4.98 Å². The second kappa shape index (κ2) is 15.1. The molecule has 6 rings (SSSR count). The number of benzene rings is 1. The molecule has 3 aliphatic rings. The third-order valence-corrected chi connectivity index (χ3v) is 9.67. The third kappa shape index (κ3) is 8.17. The Morgan fingerprint density at radius 3 is 2.67 bits per heavy atom. The Morgan fingerprint density at radius 2 is 1.98 bits per heavy atom. The lowest BCUT2D eigenvalue weighted by Gasteiger charge is -2.37. The molecule has 1 atom stereocenters. The van der Waals surface area contributed by atoms with Gasteiger partial charge in [-0.15, -0.1) is 11.3 Å². The molecule has 2 aromatic heterocycles. The Labute approximate surface area is 255 Å². The highest BCUT2D eigenvalue weighted by Gasteiger charge is 2.30. The molecule has 4 N–H and O–H groups in total. The van der Waals surface area contributed by atoms with Crippen molar-refractivity contribution in [2.24, 2.45) is 5.73 Å². The van der Waals surface area contributed by atoms with E-state index in [0.29, 0.717) is 33.6 Å². The standard InChI is InChI=1S/C10H11ClN2O2.C10H10NO3PS.C9H15NO/c1-15-9-8(2-3-12-10(9)11)7-4-13(5-7)6-14;11-10(12)9-4-7-3-6(5-15(13)14)1-2-8(7)16-9;11-9-6-2-1-4-8-5-3-7-10(8)9/h2-3,6-7H,4-5H2,1H3;1-4,13-14H,5H2,(H2,11,12);8H,1-7H2. The number of pyridine rings is 1. The van der Waals surface area contributed by atoms with E-state index in [4.69, 9.17) is 31.9 Å². The van der Waals surface area contributed by atoms with Gasteiger partial charge in [-0.3, -0.25) is 14.4 Å². The number of halogens is 1. The summed E-state index contributed by atoms with van der Waals surface area (Å²) in [6, 6.07) is 9.76. The van der Waals surface area contributed by atoms with Crippen LogP contribution in [0.1, 0.15) is 65.2 Å². The monoisotopic (exact) mass is 634 g/mol. The van der Waals surface area contributed by atoms with Crippen molar-refractivity contribution in [3.63, 3.8) is 0 Å². The Kier molecular flexibility index (Phi) is 11.5. The number of nitrogens with two attached hydrogens (primary N) is 1. The number of carbonyl (C=O) groups excluding carboxylic acids is 3. The van der Waals surface area contributed by atoms with E-state index in [1.54, 1.807) is 24.3 Å². The maximum atomic E-state index is 11.4. The molecule has 3 saturated heterocycles. The minimum absolute atomic E-state index is 0.243. The first-order chi connectivity index (χ1) is 20.2. The zero-order valence-corrected chi connectivity index (χ0v) is 25.9. The van der Waals surface area contributed by atoms with E-state index in [0.717, 1.165) is 60.1 Å². The number of likely N-dealkylation sites (tertiary alicyclic amines) is 1. The number of ether oxygens (including phenoxy) is 1. The number of thiophene rings is 1. The third-order valence-electron chi connectivity index (χ3n) is 7.62. The number of amides is 3. The van der Waals surface area contributed by atoms with Gasteiger partial charge >= 0.3 is 0 Å². The molecule has 13 heteroatoms. The van der Waals surface area contributed by atoms with Gasteiger partial charge in [0.15, 0.2) is 19.3 Å². The molecule has 3 amide bonds. The van der Waals surface area contributed by atoms with E-state index in [1.807, 2.05) is 24.3 Å². The summed E-state index contributed by atoms with van der Waals surface area (Å²) in [6.07, 6.45) is 9.67. The average Bonchev–Trinajstić information content (AvgIpc) is 3.54. The Hall–Kier alpha value is -2.82. The van der Waals surface area contributed by atoms with Crippen molar-refractivity contribution < 1.29 is 28.9 Å². The van der Waals surface area contributed by atoms with Crippen LogP contribution in [-0.2, 0) is 15.8 Å². The number of nitrogens with zero attached hydrogens (tertiary/aromatic N) is 3. The van der Waals surface area contributed by atoms with Crippen molar-refractivity contribution in [2.75, 3.05) is 26.7 Å². The molecule has 0 saturated carbocycles. The number of rotatable bonds is 6. The van der Waals surface area contributed by atoms with Crippen LogP contribution in [0.2, 0.25) is 5.15 Å². The topological polar surface area (TPSA) is 146 Å². The molecule has 3 aromatic rings. The summed E-state index contributed by atoms with van der Waals surface area (Å²) in [6.45, 7) is 2.48. The number of hydrogen-bond donors (Lipinski definition) is 3. The number of primary amides is 1. The van der Waals surface area contributed by atoms with Crippen LogP contribution in [0.5, 0.6) is 5.75 Å². The SMILES string of the molecule is COc1c(C2CN(C=O)C2)ccnc1Cl.NC(=O)c1cc2cc(CP(O)O)ccc2s1.O=C1CCCCC2CCCN12. The van der Waals surface area contributed by atoms with Crippen LogP contribution in [0.15, 0.2) is 36.5 Å². The summed E-state index contributed by atoms with van der Waals surface area (Å²) in [5.41, 5.74) is 7.06. The van der Waals surface area contributed by atoms with Crippen LogP contribution < -0.4 is 10.5 Å². The normalized spacial score (nSPS) is 18.3. The van der Waals surface area contributed by atoms with Crippen LogP contribution in [-0.4, -0.2) is 75.6 Å². The Morgan fingerprint density at radius 1 is 1.21 bits per heavy atom. The fourth-order valence-corrected chi connectivity index (χ4v) is 7.16. The Bertz CT molecular complexity index is 1400. The van der Waals surface area contributed by atoms with Gasteiger partial charge in [0, 0.05) is 60.6 Å². The van der Waals surface area contributed by atoms with Gasteiger partial charge in [-0.2, -0.15) is 0 Å². The summed E-state index contributed by atoms with van der Waals surface area (Å²) < 4.78 is 6.17. The molecular formula is C29H36ClN4O6PS. The average molecular weight is 635 g/mol. The van der Waals surface area contributed by atoms with E-state index in [2.05, 4.69) is 9.88 Å². The van der Waals surface area contributed by atoms with Crippen LogP contribution >= 0.6 is 31.3 Å². The molecule has 1 aromatic carbocycles. The summed E-state index contributed by atoms with van der Waals surface area (Å²) in [7, 11) is -0.354. The maximum absolute atomic E-state index is 11.4. The van der Waals surface area contributed by atoms with E-state index in [-0.39, 0.29) is 6.16 Å². The molecule has 3 aliphatic heterocycles.